The fourth-order valence-corrected chi connectivity index (χ4v) is 2.36. The number of amides is 1. The van der Waals surface area contributed by atoms with E-state index < -0.39 is 0 Å². The number of nitrogens with one attached hydrogen (secondary N) is 1. The molecule has 0 heterocycles. The van der Waals surface area contributed by atoms with Crippen molar-refractivity contribution in [2.45, 2.75) is 13.0 Å². The summed E-state index contributed by atoms with van der Waals surface area (Å²) in [4.78, 5) is 23.6. The molecule has 5 heteroatoms. The lowest BCUT2D eigenvalue weighted by atomic mass is 10.1. The van der Waals surface area contributed by atoms with E-state index in [-0.39, 0.29) is 23.4 Å². The van der Waals surface area contributed by atoms with Gasteiger partial charge in [-0.2, -0.15) is 0 Å². The van der Waals surface area contributed by atoms with Gasteiger partial charge in [-0.05, 0) is 24.6 Å². The molecule has 0 aliphatic heterocycles. The maximum absolute atomic E-state index is 12.5. The van der Waals surface area contributed by atoms with Crippen molar-refractivity contribution in [2.75, 3.05) is 14.2 Å². The molecule has 0 unspecified atom stereocenters. The zero-order valence-corrected chi connectivity index (χ0v) is 13.3. The van der Waals surface area contributed by atoms with Gasteiger partial charge in [0.1, 0.15) is 0 Å². The number of aldehydes is 1. The van der Waals surface area contributed by atoms with Gasteiger partial charge in [-0.1, -0.05) is 30.3 Å². The first-order valence-corrected chi connectivity index (χ1v) is 7.18. The molecule has 0 saturated carbocycles. The second-order valence-electron chi connectivity index (χ2n) is 4.99. The monoisotopic (exact) mass is 313 g/mol. The van der Waals surface area contributed by atoms with E-state index in [1.807, 2.05) is 37.3 Å². The molecule has 0 bridgehead atoms. The summed E-state index contributed by atoms with van der Waals surface area (Å²) < 4.78 is 10.5. The highest BCUT2D eigenvalue weighted by atomic mass is 16.5. The maximum atomic E-state index is 12.5. The molecular weight excluding hydrogens is 294 g/mol. The summed E-state index contributed by atoms with van der Waals surface area (Å²) in [7, 11) is 2.86. The molecule has 1 atom stereocenters. The average Bonchev–Trinajstić information content (AvgIpc) is 2.60. The van der Waals surface area contributed by atoms with Gasteiger partial charge in [0.2, 0.25) is 0 Å². The Balaban J connectivity index is 2.30. The quantitative estimate of drug-likeness (QED) is 0.833. The smallest absolute Gasteiger partial charge is 0.255 e. The summed E-state index contributed by atoms with van der Waals surface area (Å²) in [5.74, 6) is 0.200. The second-order valence-corrected chi connectivity index (χ2v) is 4.99. The zero-order chi connectivity index (χ0) is 16.8. The van der Waals surface area contributed by atoms with Crippen molar-refractivity contribution in [1.29, 1.82) is 0 Å². The lowest BCUT2D eigenvalue weighted by Gasteiger charge is -2.17. The van der Waals surface area contributed by atoms with E-state index in [2.05, 4.69) is 5.32 Å². The van der Waals surface area contributed by atoms with Crippen molar-refractivity contribution in [3.8, 4) is 11.5 Å². The second kappa shape index (κ2) is 7.45. The molecular formula is C18H19NO4. The Morgan fingerprint density at radius 2 is 1.70 bits per heavy atom. The molecule has 1 N–H and O–H groups in total. The van der Waals surface area contributed by atoms with E-state index in [1.54, 1.807) is 6.07 Å². The summed E-state index contributed by atoms with van der Waals surface area (Å²) in [5, 5.41) is 2.91. The highest BCUT2D eigenvalue weighted by Crippen LogP contribution is 2.34. The van der Waals surface area contributed by atoms with Crippen molar-refractivity contribution < 1.29 is 19.1 Å². The molecule has 0 aliphatic rings. The molecule has 5 nitrogen and oxygen atoms in total. The summed E-state index contributed by atoms with van der Waals surface area (Å²) >= 11 is 0. The first-order valence-electron chi connectivity index (χ1n) is 7.18. The fourth-order valence-electron chi connectivity index (χ4n) is 2.36. The van der Waals surface area contributed by atoms with Crippen LogP contribution in [0.25, 0.3) is 0 Å². The molecule has 2 rings (SSSR count). The molecule has 0 spiro atoms. The van der Waals surface area contributed by atoms with Gasteiger partial charge in [0, 0.05) is 0 Å². The molecule has 2 aromatic rings. The first-order chi connectivity index (χ1) is 11.1. The van der Waals surface area contributed by atoms with Gasteiger partial charge in [0.05, 0.1) is 31.4 Å². The van der Waals surface area contributed by atoms with Crippen LogP contribution >= 0.6 is 0 Å². The zero-order valence-electron chi connectivity index (χ0n) is 13.3. The largest absolute Gasteiger partial charge is 0.492 e. The lowest BCUT2D eigenvalue weighted by molar-refractivity contribution is 0.0935. The van der Waals surface area contributed by atoms with Gasteiger partial charge in [-0.25, -0.2) is 0 Å². The van der Waals surface area contributed by atoms with Crippen LogP contribution in [0.4, 0.5) is 0 Å². The number of methoxy groups -OCH3 is 2. The summed E-state index contributed by atoms with van der Waals surface area (Å²) in [5.41, 5.74) is 1.64. The van der Waals surface area contributed by atoms with Crippen molar-refractivity contribution in [2.24, 2.45) is 0 Å². The molecule has 0 aromatic heterocycles. The van der Waals surface area contributed by atoms with E-state index >= 15 is 0 Å². The number of carbonyl (C=O) groups is 2. The van der Waals surface area contributed by atoms with Crippen molar-refractivity contribution in [3.05, 3.63) is 59.2 Å². The number of rotatable bonds is 6. The number of benzene rings is 2. The number of hydrogen-bond acceptors (Lipinski definition) is 4. The van der Waals surface area contributed by atoms with E-state index in [1.165, 1.54) is 20.3 Å². The van der Waals surface area contributed by atoms with Crippen LogP contribution in [0.5, 0.6) is 11.5 Å². The van der Waals surface area contributed by atoms with Crippen LogP contribution in [0.3, 0.4) is 0 Å². The van der Waals surface area contributed by atoms with Gasteiger partial charge in [0.15, 0.2) is 17.8 Å². The highest BCUT2D eigenvalue weighted by molar-refractivity contribution is 5.99. The Hall–Kier alpha value is -2.82. The van der Waals surface area contributed by atoms with Crippen LogP contribution in [0, 0.1) is 0 Å². The van der Waals surface area contributed by atoms with E-state index in [4.69, 9.17) is 9.47 Å². The Morgan fingerprint density at radius 3 is 2.26 bits per heavy atom. The highest BCUT2D eigenvalue weighted by Gasteiger charge is 2.21. The minimum absolute atomic E-state index is 0.162. The minimum atomic E-state index is -0.297. The topological polar surface area (TPSA) is 64.6 Å². The number of carbonyl (C=O) groups excluding carboxylic acids is 2. The molecule has 1 amide bonds. The average molecular weight is 313 g/mol. The Kier molecular flexibility index (Phi) is 5.36. The van der Waals surface area contributed by atoms with Crippen LogP contribution in [-0.2, 0) is 0 Å². The Bertz CT molecular complexity index is 698. The van der Waals surface area contributed by atoms with Crippen molar-refractivity contribution in [1.82, 2.24) is 5.32 Å². The third-order valence-electron chi connectivity index (χ3n) is 3.57. The predicted octanol–water partition coefficient (Wildman–Crippen LogP) is 3.01. The number of hydrogen-bond donors (Lipinski definition) is 1. The van der Waals surface area contributed by atoms with Crippen molar-refractivity contribution >= 4 is 12.2 Å². The lowest BCUT2D eigenvalue weighted by Crippen LogP contribution is -2.27. The summed E-state index contributed by atoms with van der Waals surface area (Å²) in [6, 6.07) is 12.6. The fraction of sp³-hybridized carbons (Fsp3) is 0.222. The van der Waals surface area contributed by atoms with Crippen LogP contribution in [0.15, 0.2) is 42.5 Å². The third-order valence-corrected chi connectivity index (χ3v) is 3.57. The van der Waals surface area contributed by atoms with Crippen LogP contribution in [0.2, 0.25) is 0 Å². The molecule has 120 valence electrons. The van der Waals surface area contributed by atoms with E-state index in [0.717, 1.165) is 5.56 Å². The van der Waals surface area contributed by atoms with Gasteiger partial charge in [-0.15, -0.1) is 0 Å². The molecule has 2 aromatic carbocycles. The summed E-state index contributed by atoms with van der Waals surface area (Å²) in [6.07, 6.45) is 0.662. The third kappa shape index (κ3) is 3.51. The molecule has 0 saturated heterocycles. The summed E-state index contributed by atoms with van der Waals surface area (Å²) in [6.45, 7) is 1.90. The van der Waals surface area contributed by atoms with Gasteiger partial charge < -0.3 is 14.8 Å². The first kappa shape index (κ1) is 16.5. The number of ether oxygens (including phenoxy) is 2. The van der Waals surface area contributed by atoms with Crippen LogP contribution < -0.4 is 14.8 Å². The normalized spacial score (nSPS) is 11.4. The van der Waals surface area contributed by atoms with Crippen molar-refractivity contribution in [3.63, 3.8) is 0 Å². The van der Waals surface area contributed by atoms with E-state index in [9.17, 15) is 9.59 Å². The Labute approximate surface area is 135 Å². The predicted molar refractivity (Wildman–Crippen MR) is 87.3 cm³/mol. The van der Waals surface area contributed by atoms with E-state index in [0.29, 0.717) is 17.4 Å². The molecule has 0 radical (unpaired) electrons. The van der Waals surface area contributed by atoms with Gasteiger partial charge in [0.25, 0.3) is 5.91 Å². The van der Waals surface area contributed by atoms with Crippen LogP contribution in [-0.4, -0.2) is 26.4 Å². The Morgan fingerprint density at radius 1 is 1.04 bits per heavy atom. The van der Waals surface area contributed by atoms with Gasteiger partial charge >= 0.3 is 0 Å². The standard InChI is InChI=1S/C18H19NO4/c1-12(13-7-5-4-6-8-13)19-18(21)15-10-9-14(11-20)16(22-2)17(15)23-3/h4-12H,1-3H3,(H,19,21)/t12-/m0/s1. The maximum Gasteiger partial charge on any atom is 0.255 e. The molecule has 0 fully saturated rings. The SMILES string of the molecule is COc1c(C=O)ccc(C(=O)N[C@@H](C)c2ccccc2)c1OC. The van der Waals surface area contributed by atoms with Crippen LogP contribution in [0.1, 0.15) is 39.2 Å². The molecule has 0 aliphatic carbocycles. The van der Waals surface area contributed by atoms with Gasteiger partial charge in [-0.3, -0.25) is 9.59 Å². The minimum Gasteiger partial charge on any atom is -0.492 e. The molecule has 23 heavy (non-hydrogen) atoms.